The van der Waals surface area contributed by atoms with Crippen molar-refractivity contribution in [2.45, 2.75) is 31.7 Å². The molecule has 4 nitrogen and oxygen atoms in total. The van der Waals surface area contributed by atoms with E-state index in [0.717, 1.165) is 44.8 Å². The Morgan fingerprint density at radius 2 is 1.91 bits per heavy atom. The Labute approximate surface area is 131 Å². The molecule has 2 saturated heterocycles. The Morgan fingerprint density at radius 3 is 2.55 bits per heavy atom. The van der Waals surface area contributed by atoms with Gasteiger partial charge in [0.15, 0.2) is 0 Å². The number of anilines is 1. The average molecular weight is 305 g/mol. The molecular weight excluding hydrogens is 281 g/mol. The van der Waals surface area contributed by atoms with Crippen LogP contribution in [0.3, 0.4) is 0 Å². The number of benzene rings is 1. The van der Waals surface area contributed by atoms with Crippen LogP contribution in [0.4, 0.5) is 10.1 Å². The molecule has 1 unspecified atom stereocenters. The van der Waals surface area contributed by atoms with Gasteiger partial charge in [-0.05, 0) is 50.1 Å². The van der Waals surface area contributed by atoms with E-state index in [1.165, 1.54) is 25.0 Å². The molecular formula is C17H24FN3O. The topological polar surface area (TPSA) is 35.6 Å². The van der Waals surface area contributed by atoms with E-state index in [9.17, 15) is 9.18 Å². The van der Waals surface area contributed by atoms with E-state index in [-0.39, 0.29) is 11.7 Å². The highest BCUT2D eigenvalue weighted by Crippen LogP contribution is 2.18. The molecule has 2 heterocycles. The number of carbonyl (C=O) groups excluding carboxylic acids is 1. The second-order valence-corrected chi connectivity index (χ2v) is 6.18. The monoisotopic (exact) mass is 305 g/mol. The maximum Gasteiger partial charge on any atom is 0.222 e. The number of amides is 1. The number of carbonyl (C=O) groups is 1. The molecule has 0 spiro atoms. The standard InChI is InChI=1S/C17H24FN3O/c18-14-3-6-16(7-4-14)20-10-12-21(13-11-20)17(22)8-5-15-2-1-9-19-15/h3-4,6-7,15,19H,1-2,5,8-13H2. The minimum atomic E-state index is -0.210. The van der Waals surface area contributed by atoms with Crippen LogP contribution < -0.4 is 10.2 Å². The molecule has 2 aliphatic heterocycles. The molecule has 0 radical (unpaired) electrons. The Kier molecular flexibility index (Phi) is 4.93. The van der Waals surface area contributed by atoms with E-state index in [4.69, 9.17) is 0 Å². The summed E-state index contributed by atoms with van der Waals surface area (Å²) >= 11 is 0. The van der Waals surface area contributed by atoms with Crippen molar-refractivity contribution in [2.75, 3.05) is 37.6 Å². The Bertz CT molecular complexity index is 491. The third-order valence-electron chi connectivity index (χ3n) is 4.69. The zero-order chi connectivity index (χ0) is 15.4. The Morgan fingerprint density at radius 1 is 1.18 bits per heavy atom. The van der Waals surface area contributed by atoms with Crippen molar-refractivity contribution in [3.05, 3.63) is 30.1 Å². The number of piperazine rings is 1. The van der Waals surface area contributed by atoms with Crippen LogP contribution in [0.1, 0.15) is 25.7 Å². The molecule has 1 aromatic carbocycles. The van der Waals surface area contributed by atoms with E-state index in [0.29, 0.717) is 12.5 Å². The van der Waals surface area contributed by atoms with Crippen LogP contribution in [0.25, 0.3) is 0 Å². The molecule has 5 heteroatoms. The Balaban J connectivity index is 1.44. The summed E-state index contributed by atoms with van der Waals surface area (Å²) < 4.78 is 13.0. The van der Waals surface area contributed by atoms with Crippen molar-refractivity contribution in [1.82, 2.24) is 10.2 Å². The zero-order valence-corrected chi connectivity index (χ0v) is 12.9. The van der Waals surface area contributed by atoms with Crippen LogP contribution in [0.2, 0.25) is 0 Å². The number of nitrogens with one attached hydrogen (secondary N) is 1. The van der Waals surface area contributed by atoms with Gasteiger partial charge in [0.1, 0.15) is 5.82 Å². The van der Waals surface area contributed by atoms with Crippen LogP contribution >= 0.6 is 0 Å². The smallest absolute Gasteiger partial charge is 0.222 e. The lowest BCUT2D eigenvalue weighted by Crippen LogP contribution is -2.49. The van der Waals surface area contributed by atoms with Crippen molar-refractivity contribution < 1.29 is 9.18 Å². The summed E-state index contributed by atoms with van der Waals surface area (Å²) in [6.45, 7) is 4.25. The highest BCUT2D eigenvalue weighted by Gasteiger charge is 2.22. The maximum atomic E-state index is 13.0. The van der Waals surface area contributed by atoms with Gasteiger partial charge in [-0.1, -0.05) is 0 Å². The largest absolute Gasteiger partial charge is 0.368 e. The summed E-state index contributed by atoms with van der Waals surface area (Å²) in [5.74, 6) is 0.0607. The molecule has 0 aromatic heterocycles. The molecule has 120 valence electrons. The van der Waals surface area contributed by atoms with Crippen molar-refractivity contribution in [3.63, 3.8) is 0 Å². The van der Waals surface area contributed by atoms with E-state index < -0.39 is 0 Å². The molecule has 2 fully saturated rings. The molecule has 1 aromatic rings. The second-order valence-electron chi connectivity index (χ2n) is 6.18. The number of hydrogen-bond acceptors (Lipinski definition) is 3. The van der Waals surface area contributed by atoms with Crippen LogP contribution in [-0.2, 0) is 4.79 Å². The predicted octanol–water partition coefficient (Wildman–Crippen LogP) is 2.01. The summed E-state index contributed by atoms with van der Waals surface area (Å²) in [5.41, 5.74) is 1.03. The molecule has 1 N–H and O–H groups in total. The van der Waals surface area contributed by atoms with Gasteiger partial charge < -0.3 is 15.1 Å². The van der Waals surface area contributed by atoms with Crippen molar-refractivity contribution >= 4 is 11.6 Å². The summed E-state index contributed by atoms with van der Waals surface area (Å²) in [6.07, 6.45) is 4.03. The highest BCUT2D eigenvalue weighted by molar-refractivity contribution is 5.76. The fourth-order valence-corrected chi connectivity index (χ4v) is 3.32. The number of hydrogen-bond donors (Lipinski definition) is 1. The predicted molar refractivity (Wildman–Crippen MR) is 85.5 cm³/mol. The lowest BCUT2D eigenvalue weighted by Gasteiger charge is -2.36. The minimum absolute atomic E-state index is 0.210. The lowest BCUT2D eigenvalue weighted by atomic mass is 10.1. The van der Waals surface area contributed by atoms with Gasteiger partial charge in [-0.15, -0.1) is 0 Å². The summed E-state index contributed by atoms with van der Waals surface area (Å²) in [4.78, 5) is 16.4. The second kappa shape index (κ2) is 7.09. The van der Waals surface area contributed by atoms with Crippen molar-refractivity contribution in [1.29, 1.82) is 0 Å². The Hall–Kier alpha value is -1.62. The molecule has 1 atom stereocenters. The van der Waals surface area contributed by atoms with Gasteiger partial charge in [-0.3, -0.25) is 4.79 Å². The zero-order valence-electron chi connectivity index (χ0n) is 12.9. The van der Waals surface area contributed by atoms with Crippen molar-refractivity contribution in [2.24, 2.45) is 0 Å². The van der Waals surface area contributed by atoms with Crippen LogP contribution in [0.5, 0.6) is 0 Å². The molecule has 0 aliphatic carbocycles. The van der Waals surface area contributed by atoms with Crippen LogP contribution in [0, 0.1) is 5.82 Å². The van der Waals surface area contributed by atoms with Gasteiger partial charge in [-0.2, -0.15) is 0 Å². The third-order valence-corrected chi connectivity index (χ3v) is 4.69. The maximum absolute atomic E-state index is 13.0. The van der Waals surface area contributed by atoms with Gasteiger partial charge in [0.25, 0.3) is 0 Å². The first-order chi connectivity index (χ1) is 10.7. The molecule has 0 bridgehead atoms. The number of nitrogens with zero attached hydrogens (tertiary/aromatic N) is 2. The van der Waals surface area contributed by atoms with Gasteiger partial charge >= 0.3 is 0 Å². The van der Waals surface area contributed by atoms with Gasteiger partial charge in [0.05, 0.1) is 0 Å². The lowest BCUT2D eigenvalue weighted by molar-refractivity contribution is -0.131. The van der Waals surface area contributed by atoms with E-state index in [2.05, 4.69) is 10.2 Å². The van der Waals surface area contributed by atoms with Gasteiger partial charge in [0, 0.05) is 44.3 Å². The van der Waals surface area contributed by atoms with E-state index in [1.807, 2.05) is 4.90 Å². The molecule has 0 saturated carbocycles. The normalized spacial score (nSPS) is 22.1. The van der Waals surface area contributed by atoms with Crippen molar-refractivity contribution in [3.8, 4) is 0 Å². The number of halogens is 1. The average Bonchev–Trinajstić information content (AvgIpc) is 3.07. The first-order valence-corrected chi connectivity index (χ1v) is 8.24. The third kappa shape index (κ3) is 3.77. The van der Waals surface area contributed by atoms with Crippen LogP contribution in [-0.4, -0.2) is 49.6 Å². The molecule has 3 rings (SSSR count). The van der Waals surface area contributed by atoms with E-state index in [1.54, 1.807) is 12.1 Å². The first kappa shape index (κ1) is 15.3. The summed E-state index contributed by atoms with van der Waals surface area (Å²) in [5, 5.41) is 3.44. The molecule has 2 aliphatic rings. The number of rotatable bonds is 4. The quantitative estimate of drug-likeness (QED) is 0.924. The highest BCUT2D eigenvalue weighted by atomic mass is 19.1. The SMILES string of the molecule is O=C(CCC1CCCN1)N1CCN(c2ccc(F)cc2)CC1. The summed E-state index contributed by atoms with van der Waals surface area (Å²) in [6, 6.07) is 7.12. The van der Waals surface area contributed by atoms with Gasteiger partial charge in [-0.25, -0.2) is 4.39 Å². The first-order valence-electron chi connectivity index (χ1n) is 8.24. The fraction of sp³-hybridized carbons (Fsp3) is 0.588. The fourth-order valence-electron chi connectivity index (χ4n) is 3.32. The minimum Gasteiger partial charge on any atom is -0.368 e. The van der Waals surface area contributed by atoms with Gasteiger partial charge in [0.2, 0.25) is 5.91 Å². The molecule has 1 amide bonds. The summed E-state index contributed by atoms with van der Waals surface area (Å²) in [7, 11) is 0. The van der Waals surface area contributed by atoms with E-state index >= 15 is 0 Å². The molecule has 22 heavy (non-hydrogen) atoms. The van der Waals surface area contributed by atoms with Crippen LogP contribution in [0.15, 0.2) is 24.3 Å².